The molecular weight excluding hydrogens is 168 g/mol. The van der Waals surface area contributed by atoms with Crippen LogP contribution >= 0.6 is 0 Å². The molecule has 0 bridgehead atoms. The molecule has 13 heavy (non-hydrogen) atoms. The minimum Gasteiger partial charge on any atom is -0.496 e. The Balaban J connectivity index is 3.15. The zero-order valence-corrected chi connectivity index (χ0v) is 7.41. The molecule has 1 aromatic rings. The lowest BCUT2D eigenvalue weighted by Crippen LogP contribution is -2.12. The first-order chi connectivity index (χ1) is 6.19. The Kier molecular flexibility index (Phi) is 2.87. The molecule has 4 N–H and O–H groups in total. The van der Waals surface area contributed by atoms with Gasteiger partial charge in [0.05, 0.1) is 12.7 Å². The van der Waals surface area contributed by atoms with E-state index in [1.165, 1.54) is 7.11 Å². The summed E-state index contributed by atoms with van der Waals surface area (Å²) in [6.45, 7) is 0.412. The molecule has 0 aliphatic heterocycles. The molecule has 70 valence electrons. The number of amides is 1. The molecule has 1 rings (SSSR count). The Morgan fingerprint density at radius 1 is 1.54 bits per heavy atom. The van der Waals surface area contributed by atoms with E-state index in [2.05, 4.69) is 0 Å². The minimum absolute atomic E-state index is 0.375. The van der Waals surface area contributed by atoms with Crippen LogP contribution in [0.4, 0.5) is 0 Å². The van der Waals surface area contributed by atoms with Crippen LogP contribution in [0.3, 0.4) is 0 Å². The molecule has 0 fully saturated rings. The van der Waals surface area contributed by atoms with Gasteiger partial charge in [0.2, 0.25) is 0 Å². The summed E-state index contributed by atoms with van der Waals surface area (Å²) in [4.78, 5) is 10.9. The third-order valence-corrected chi connectivity index (χ3v) is 1.77. The van der Waals surface area contributed by atoms with E-state index >= 15 is 0 Å². The average Bonchev–Trinajstić information content (AvgIpc) is 2.16. The number of ether oxygens (including phenoxy) is 1. The number of nitrogens with two attached hydrogens (primary N) is 2. The highest BCUT2D eigenvalue weighted by atomic mass is 16.5. The quantitative estimate of drug-likeness (QED) is 0.700. The van der Waals surface area contributed by atoms with Crippen molar-refractivity contribution in [3.63, 3.8) is 0 Å². The molecule has 1 amide bonds. The van der Waals surface area contributed by atoms with Gasteiger partial charge in [-0.1, -0.05) is 6.07 Å². The molecule has 0 radical (unpaired) electrons. The third-order valence-electron chi connectivity index (χ3n) is 1.77. The van der Waals surface area contributed by atoms with Crippen molar-refractivity contribution in [1.29, 1.82) is 0 Å². The van der Waals surface area contributed by atoms with Crippen LogP contribution in [0.5, 0.6) is 5.75 Å². The lowest BCUT2D eigenvalue weighted by atomic mass is 10.1. The highest BCUT2D eigenvalue weighted by molar-refractivity contribution is 5.95. The number of carbonyl (C=O) groups is 1. The number of hydrogen-bond donors (Lipinski definition) is 2. The van der Waals surface area contributed by atoms with Crippen molar-refractivity contribution in [3.05, 3.63) is 29.3 Å². The normalized spacial score (nSPS) is 9.69. The lowest BCUT2D eigenvalue weighted by Gasteiger charge is -2.06. The fourth-order valence-electron chi connectivity index (χ4n) is 1.07. The maximum Gasteiger partial charge on any atom is 0.252 e. The molecule has 0 spiro atoms. The number of methoxy groups -OCH3 is 1. The molecule has 4 heteroatoms. The first-order valence-corrected chi connectivity index (χ1v) is 3.86. The SMILES string of the molecule is COc1cc(CN)ccc1C(N)=O. The van der Waals surface area contributed by atoms with Crippen molar-refractivity contribution in [2.75, 3.05) is 7.11 Å². The number of carbonyl (C=O) groups excluding carboxylic acids is 1. The van der Waals surface area contributed by atoms with Gasteiger partial charge in [-0.05, 0) is 17.7 Å². The fourth-order valence-corrected chi connectivity index (χ4v) is 1.07. The average molecular weight is 180 g/mol. The van der Waals surface area contributed by atoms with Crippen LogP contribution in [-0.4, -0.2) is 13.0 Å². The van der Waals surface area contributed by atoms with E-state index in [9.17, 15) is 4.79 Å². The van der Waals surface area contributed by atoms with E-state index < -0.39 is 5.91 Å². The van der Waals surface area contributed by atoms with Crippen molar-refractivity contribution in [3.8, 4) is 5.75 Å². The highest BCUT2D eigenvalue weighted by Crippen LogP contribution is 2.19. The lowest BCUT2D eigenvalue weighted by molar-refractivity contribution is 0.0997. The van der Waals surface area contributed by atoms with Crippen molar-refractivity contribution in [2.45, 2.75) is 6.54 Å². The predicted octanol–water partition coefficient (Wildman–Crippen LogP) is 0.253. The monoisotopic (exact) mass is 180 g/mol. The largest absolute Gasteiger partial charge is 0.496 e. The van der Waals surface area contributed by atoms with Gasteiger partial charge in [-0.3, -0.25) is 4.79 Å². The minimum atomic E-state index is -0.500. The number of hydrogen-bond acceptors (Lipinski definition) is 3. The molecule has 0 heterocycles. The summed E-state index contributed by atoms with van der Waals surface area (Å²) in [7, 11) is 1.49. The maximum absolute atomic E-state index is 10.9. The zero-order chi connectivity index (χ0) is 9.84. The molecule has 0 atom stereocenters. The second-order valence-corrected chi connectivity index (χ2v) is 2.60. The Hall–Kier alpha value is -1.55. The van der Waals surface area contributed by atoms with Gasteiger partial charge in [-0.15, -0.1) is 0 Å². The van der Waals surface area contributed by atoms with Gasteiger partial charge in [0.1, 0.15) is 5.75 Å². The molecule has 1 aromatic carbocycles. The van der Waals surface area contributed by atoms with Gasteiger partial charge in [-0.2, -0.15) is 0 Å². The van der Waals surface area contributed by atoms with E-state index in [4.69, 9.17) is 16.2 Å². The van der Waals surface area contributed by atoms with Crippen molar-refractivity contribution in [2.24, 2.45) is 11.5 Å². The molecule has 0 aliphatic rings. The molecule has 0 unspecified atom stereocenters. The molecular formula is C9H12N2O2. The van der Waals surface area contributed by atoms with Crippen LogP contribution in [0.15, 0.2) is 18.2 Å². The van der Waals surface area contributed by atoms with Crippen LogP contribution in [0.25, 0.3) is 0 Å². The molecule has 0 aromatic heterocycles. The Labute approximate surface area is 76.5 Å². The smallest absolute Gasteiger partial charge is 0.252 e. The summed E-state index contributed by atoms with van der Waals surface area (Å²) in [5, 5.41) is 0. The van der Waals surface area contributed by atoms with E-state index in [0.29, 0.717) is 17.9 Å². The summed E-state index contributed by atoms with van der Waals surface area (Å²) in [6.07, 6.45) is 0. The zero-order valence-electron chi connectivity index (χ0n) is 7.41. The molecule has 4 nitrogen and oxygen atoms in total. The van der Waals surface area contributed by atoms with Gasteiger partial charge in [0.15, 0.2) is 0 Å². The summed E-state index contributed by atoms with van der Waals surface area (Å²) in [5.41, 5.74) is 11.8. The summed E-state index contributed by atoms with van der Waals surface area (Å²) >= 11 is 0. The van der Waals surface area contributed by atoms with Crippen LogP contribution in [0.1, 0.15) is 15.9 Å². The first kappa shape index (κ1) is 9.54. The second kappa shape index (κ2) is 3.91. The van der Waals surface area contributed by atoms with Crippen LogP contribution < -0.4 is 16.2 Å². The molecule has 0 saturated carbocycles. The third kappa shape index (κ3) is 1.97. The van der Waals surface area contributed by atoms with Gasteiger partial charge in [-0.25, -0.2) is 0 Å². The summed E-state index contributed by atoms with van der Waals surface area (Å²) in [6, 6.07) is 5.08. The highest BCUT2D eigenvalue weighted by Gasteiger charge is 2.08. The summed E-state index contributed by atoms with van der Waals surface area (Å²) in [5.74, 6) is -0.0316. The number of rotatable bonds is 3. The molecule has 0 aliphatic carbocycles. The van der Waals surface area contributed by atoms with Crippen LogP contribution in [-0.2, 0) is 6.54 Å². The van der Waals surface area contributed by atoms with E-state index in [0.717, 1.165) is 5.56 Å². The van der Waals surface area contributed by atoms with Gasteiger partial charge in [0.25, 0.3) is 5.91 Å². The Bertz CT molecular complexity index is 323. The van der Waals surface area contributed by atoms with Gasteiger partial charge >= 0.3 is 0 Å². The predicted molar refractivity (Wildman–Crippen MR) is 49.4 cm³/mol. The van der Waals surface area contributed by atoms with Crippen LogP contribution in [0.2, 0.25) is 0 Å². The fraction of sp³-hybridized carbons (Fsp3) is 0.222. The number of primary amides is 1. The van der Waals surface area contributed by atoms with Gasteiger partial charge in [0, 0.05) is 6.54 Å². The van der Waals surface area contributed by atoms with E-state index in [-0.39, 0.29) is 0 Å². The first-order valence-electron chi connectivity index (χ1n) is 3.86. The Morgan fingerprint density at radius 2 is 2.23 bits per heavy atom. The second-order valence-electron chi connectivity index (χ2n) is 2.60. The maximum atomic E-state index is 10.9. The number of benzene rings is 1. The van der Waals surface area contributed by atoms with E-state index in [1.807, 2.05) is 0 Å². The van der Waals surface area contributed by atoms with Gasteiger partial charge < -0.3 is 16.2 Å². The molecule has 0 saturated heterocycles. The van der Waals surface area contributed by atoms with Crippen molar-refractivity contribution < 1.29 is 9.53 Å². The standard InChI is InChI=1S/C9H12N2O2/c1-13-8-4-6(5-10)2-3-7(8)9(11)12/h2-4H,5,10H2,1H3,(H2,11,12). The van der Waals surface area contributed by atoms with E-state index in [1.54, 1.807) is 18.2 Å². The Morgan fingerprint density at radius 3 is 2.69 bits per heavy atom. The van der Waals surface area contributed by atoms with Crippen molar-refractivity contribution in [1.82, 2.24) is 0 Å². The van der Waals surface area contributed by atoms with Crippen LogP contribution in [0, 0.1) is 0 Å². The topological polar surface area (TPSA) is 78.3 Å². The van der Waals surface area contributed by atoms with Crippen molar-refractivity contribution >= 4 is 5.91 Å². The summed E-state index contributed by atoms with van der Waals surface area (Å²) < 4.78 is 4.99.